The molecule has 2 heterocycles. The number of nitrogens with zero attached hydrogens (tertiary/aromatic N) is 3. The number of rotatable bonds is 6. The molecule has 3 nitrogen and oxygen atoms in total. The molecule has 0 fully saturated rings. The number of anilines is 3. The molecule has 2 aromatic heterocycles. The van der Waals surface area contributed by atoms with Crippen LogP contribution >= 0.6 is 0 Å². The Balaban J connectivity index is 1.05. The minimum Gasteiger partial charge on any atom is -0.310 e. The fraction of sp³-hybridized carbons (Fsp3) is 0.0556. The highest BCUT2D eigenvalue weighted by molar-refractivity contribution is 6.11. The Morgan fingerprint density at radius 2 is 1.19 bits per heavy atom. The van der Waals surface area contributed by atoms with Gasteiger partial charge >= 0.3 is 0 Å². The first-order valence-electron chi connectivity index (χ1n) is 19.7. The number of fused-ring (bicyclic) bond motifs is 7. The van der Waals surface area contributed by atoms with Crippen LogP contribution in [0.3, 0.4) is 0 Å². The van der Waals surface area contributed by atoms with Gasteiger partial charge in [0, 0.05) is 50.9 Å². The van der Waals surface area contributed by atoms with E-state index < -0.39 is 0 Å². The predicted molar refractivity (Wildman–Crippen MR) is 239 cm³/mol. The van der Waals surface area contributed by atoms with E-state index in [9.17, 15) is 0 Å². The summed E-state index contributed by atoms with van der Waals surface area (Å²) in [5.41, 5.74) is 17.0. The van der Waals surface area contributed by atoms with Crippen LogP contribution in [0.25, 0.3) is 71.6 Å². The van der Waals surface area contributed by atoms with E-state index in [1.54, 1.807) is 0 Å². The Kier molecular flexibility index (Phi) is 7.52. The van der Waals surface area contributed by atoms with Crippen LogP contribution in [-0.2, 0) is 5.41 Å². The van der Waals surface area contributed by atoms with Crippen LogP contribution in [0, 0.1) is 0 Å². The van der Waals surface area contributed by atoms with Gasteiger partial charge in [-0.25, -0.2) is 0 Å². The largest absolute Gasteiger partial charge is 0.310 e. The van der Waals surface area contributed by atoms with E-state index in [-0.39, 0.29) is 5.41 Å². The van der Waals surface area contributed by atoms with Gasteiger partial charge in [0.1, 0.15) is 0 Å². The fourth-order valence-electron chi connectivity index (χ4n) is 9.41. The van der Waals surface area contributed by atoms with Crippen molar-refractivity contribution in [2.24, 2.45) is 0 Å². The fourth-order valence-corrected chi connectivity index (χ4v) is 9.41. The molecular formula is C54H39N3. The summed E-state index contributed by atoms with van der Waals surface area (Å²) in [6.07, 6.45) is 3.79. The molecule has 0 aliphatic heterocycles. The number of aromatic nitrogens is 2. The molecule has 0 N–H and O–H groups in total. The van der Waals surface area contributed by atoms with Gasteiger partial charge in [0.15, 0.2) is 0 Å². The third kappa shape index (κ3) is 5.23. The van der Waals surface area contributed by atoms with Crippen molar-refractivity contribution in [2.75, 3.05) is 4.90 Å². The molecule has 270 valence electrons. The molecule has 0 radical (unpaired) electrons. The van der Waals surface area contributed by atoms with E-state index >= 15 is 0 Å². The molecule has 10 aromatic rings. The van der Waals surface area contributed by atoms with Crippen molar-refractivity contribution in [3.63, 3.8) is 0 Å². The van der Waals surface area contributed by atoms with Gasteiger partial charge in [0.25, 0.3) is 0 Å². The molecule has 57 heavy (non-hydrogen) atoms. The smallest absolute Gasteiger partial charge is 0.0541 e. The SMILES string of the molecule is CC1(C)c2ccccc2-c2cccc(-n3c4ccccc4c4cc(-c5cccc(-c6ccccc6N(c6ccccc6)c6ccc7cnccc7c6)c5)ccc43)c21. The molecule has 0 unspecified atom stereocenters. The molecular weight excluding hydrogens is 691 g/mol. The summed E-state index contributed by atoms with van der Waals surface area (Å²) in [6.45, 7) is 4.74. The summed E-state index contributed by atoms with van der Waals surface area (Å²) in [4.78, 5) is 6.71. The molecule has 0 amide bonds. The summed E-state index contributed by atoms with van der Waals surface area (Å²) in [5.74, 6) is 0. The third-order valence-electron chi connectivity index (χ3n) is 12.0. The summed E-state index contributed by atoms with van der Waals surface area (Å²) in [5, 5.41) is 4.79. The van der Waals surface area contributed by atoms with Crippen LogP contribution in [0.4, 0.5) is 17.1 Å². The highest BCUT2D eigenvalue weighted by Crippen LogP contribution is 2.52. The molecule has 0 saturated carbocycles. The summed E-state index contributed by atoms with van der Waals surface area (Å²) >= 11 is 0. The Morgan fingerprint density at radius 3 is 2.11 bits per heavy atom. The Bertz CT molecular complexity index is 3170. The molecule has 3 heteroatoms. The number of para-hydroxylation sites is 3. The van der Waals surface area contributed by atoms with E-state index in [4.69, 9.17) is 0 Å². The van der Waals surface area contributed by atoms with Gasteiger partial charge in [0.05, 0.1) is 22.4 Å². The predicted octanol–water partition coefficient (Wildman–Crippen LogP) is 14.4. The van der Waals surface area contributed by atoms with Crippen molar-refractivity contribution in [2.45, 2.75) is 19.3 Å². The van der Waals surface area contributed by atoms with Crippen molar-refractivity contribution in [1.82, 2.24) is 9.55 Å². The minimum absolute atomic E-state index is 0.126. The Morgan fingerprint density at radius 1 is 0.474 bits per heavy atom. The number of hydrogen-bond acceptors (Lipinski definition) is 2. The Labute approximate surface area is 332 Å². The van der Waals surface area contributed by atoms with Crippen molar-refractivity contribution >= 4 is 49.6 Å². The van der Waals surface area contributed by atoms with Crippen LogP contribution in [0.2, 0.25) is 0 Å². The first kappa shape index (κ1) is 33.1. The second-order valence-electron chi connectivity index (χ2n) is 15.6. The van der Waals surface area contributed by atoms with Gasteiger partial charge in [-0.3, -0.25) is 4.98 Å². The molecule has 0 saturated heterocycles. The highest BCUT2D eigenvalue weighted by Gasteiger charge is 2.38. The van der Waals surface area contributed by atoms with E-state index in [0.717, 1.165) is 39.0 Å². The van der Waals surface area contributed by atoms with Gasteiger partial charge in [-0.1, -0.05) is 135 Å². The lowest BCUT2D eigenvalue weighted by Crippen LogP contribution is -2.17. The van der Waals surface area contributed by atoms with Crippen molar-refractivity contribution < 1.29 is 0 Å². The molecule has 1 aliphatic carbocycles. The summed E-state index contributed by atoms with van der Waals surface area (Å²) in [7, 11) is 0. The maximum absolute atomic E-state index is 4.35. The maximum atomic E-state index is 4.35. The third-order valence-corrected chi connectivity index (χ3v) is 12.0. The zero-order chi connectivity index (χ0) is 38.1. The minimum atomic E-state index is -0.126. The number of benzene rings is 8. The molecule has 0 bridgehead atoms. The average molecular weight is 730 g/mol. The van der Waals surface area contributed by atoms with Gasteiger partial charge in [-0.05, 0) is 111 Å². The zero-order valence-electron chi connectivity index (χ0n) is 31.9. The molecule has 11 rings (SSSR count). The van der Waals surface area contributed by atoms with Crippen LogP contribution in [0.5, 0.6) is 0 Å². The lowest BCUT2D eigenvalue weighted by atomic mass is 9.81. The molecule has 8 aromatic carbocycles. The van der Waals surface area contributed by atoms with Crippen molar-refractivity contribution in [3.05, 3.63) is 212 Å². The van der Waals surface area contributed by atoms with Gasteiger partial charge in [0.2, 0.25) is 0 Å². The summed E-state index contributed by atoms with van der Waals surface area (Å²) in [6, 6.07) is 68.7. The maximum Gasteiger partial charge on any atom is 0.0541 e. The van der Waals surface area contributed by atoms with Gasteiger partial charge in [-0.2, -0.15) is 0 Å². The van der Waals surface area contributed by atoms with Crippen molar-refractivity contribution in [1.29, 1.82) is 0 Å². The first-order chi connectivity index (χ1) is 28.0. The first-order valence-corrected chi connectivity index (χ1v) is 19.7. The zero-order valence-corrected chi connectivity index (χ0v) is 31.9. The normalized spacial score (nSPS) is 12.9. The standard InChI is InChI=1S/C54H39N3/c1-54(2)48-22-9-6-19-44(48)46-21-13-25-52(53(46)54)57-50-24-11-8-20-45(50)47-34-37(27-29-51(47)57)36-14-12-15-39(32-36)43-18-7-10-23-49(43)56(41-16-4-3-5-17-41)42-28-26-40-35-55-31-30-38(40)33-42/h3-35H,1-2H3. The van der Waals surface area contributed by atoms with Crippen LogP contribution in [0.15, 0.2) is 200 Å². The molecule has 0 atom stereocenters. The van der Waals surface area contributed by atoms with E-state index in [1.807, 2.05) is 12.4 Å². The number of hydrogen-bond donors (Lipinski definition) is 0. The van der Waals surface area contributed by atoms with Gasteiger partial charge in [-0.15, -0.1) is 0 Å². The molecule has 1 aliphatic rings. The van der Waals surface area contributed by atoms with Crippen LogP contribution < -0.4 is 4.90 Å². The van der Waals surface area contributed by atoms with E-state index in [0.29, 0.717) is 0 Å². The van der Waals surface area contributed by atoms with Crippen LogP contribution in [-0.4, -0.2) is 9.55 Å². The highest BCUT2D eigenvalue weighted by atomic mass is 15.1. The second kappa shape index (κ2) is 12.9. The quantitative estimate of drug-likeness (QED) is 0.170. The lowest BCUT2D eigenvalue weighted by Gasteiger charge is -2.28. The van der Waals surface area contributed by atoms with Crippen molar-refractivity contribution in [3.8, 4) is 39.1 Å². The second-order valence-corrected chi connectivity index (χ2v) is 15.6. The van der Waals surface area contributed by atoms with Gasteiger partial charge < -0.3 is 9.47 Å². The van der Waals surface area contributed by atoms with E-state index in [1.165, 1.54) is 60.9 Å². The molecule has 0 spiro atoms. The monoisotopic (exact) mass is 729 g/mol. The average Bonchev–Trinajstić information content (AvgIpc) is 3.72. The Hall–Kier alpha value is -7.23. The topological polar surface area (TPSA) is 21.1 Å². The van der Waals surface area contributed by atoms with E-state index in [2.05, 4.69) is 216 Å². The lowest BCUT2D eigenvalue weighted by molar-refractivity contribution is 0.656. The number of pyridine rings is 1. The van der Waals surface area contributed by atoms with Crippen LogP contribution in [0.1, 0.15) is 25.0 Å². The summed E-state index contributed by atoms with van der Waals surface area (Å²) < 4.78 is 2.50.